The second kappa shape index (κ2) is 10.9. The first kappa shape index (κ1) is 19.3. The van der Waals surface area contributed by atoms with Crippen molar-refractivity contribution < 1.29 is 4.74 Å². The van der Waals surface area contributed by atoms with Crippen LogP contribution < -0.4 is 10.6 Å². The van der Waals surface area contributed by atoms with Crippen LogP contribution in [0, 0.1) is 0 Å². The maximum absolute atomic E-state index is 5.84. The van der Waals surface area contributed by atoms with Gasteiger partial charge in [-0.25, -0.2) is 0 Å². The van der Waals surface area contributed by atoms with Crippen LogP contribution in [-0.4, -0.2) is 32.2 Å². The van der Waals surface area contributed by atoms with Crippen LogP contribution in [0.15, 0.2) is 41.4 Å². The zero-order valence-electron chi connectivity index (χ0n) is 12.7. The van der Waals surface area contributed by atoms with Crippen LogP contribution in [0.3, 0.4) is 0 Å². The normalized spacial score (nSPS) is 14.7. The predicted octanol–water partition coefficient (Wildman–Crippen LogP) is 3.36. The average molecular weight is 436 g/mol. The number of aliphatic imine (C=N–C) groups is 1. The molecule has 1 aromatic rings. The maximum atomic E-state index is 5.84. The fourth-order valence-corrected chi connectivity index (χ4v) is 2.26. The number of hydrogen-bond donors (Lipinski definition) is 2. The van der Waals surface area contributed by atoms with E-state index < -0.39 is 0 Å². The molecule has 1 aliphatic rings. The van der Waals surface area contributed by atoms with Crippen molar-refractivity contribution in [2.45, 2.75) is 25.5 Å². The highest BCUT2D eigenvalue weighted by Crippen LogP contribution is 2.10. The van der Waals surface area contributed by atoms with Gasteiger partial charge in [-0.3, -0.25) is 4.99 Å². The lowest BCUT2D eigenvalue weighted by atomic mass is 10.2. The Labute approximate surface area is 154 Å². The molecule has 0 atom stereocenters. The Morgan fingerprint density at radius 3 is 2.59 bits per heavy atom. The Morgan fingerprint density at radius 1 is 1.27 bits per heavy atom. The van der Waals surface area contributed by atoms with E-state index in [1.165, 1.54) is 0 Å². The van der Waals surface area contributed by atoms with Crippen molar-refractivity contribution >= 4 is 41.5 Å². The van der Waals surface area contributed by atoms with Crippen LogP contribution in [0.1, 0.15) is 18.4 Å². The summed E-state index contributed by atoms with van der Waals surface area (Å²) < 4.78 is 5.62. The third kappa shape index (κ3) is 6.98. The summed E-state index contributed by atoms with van der Waals surface area (Å²) in [6.45, 7) is 1.96. The van der Waals surface area contributed by atoms with Crippen molar-refractivity contribution in [2.75, 3.05) is 20.2 Å². The molecule has 2 rings (SSSR count). The monoisotopic (exact) mass is 435 g/mol. The molecular formula is C16H23ClIN3O. The molecule has 1 aromatic carbocycles. The van der Waals surface area contributed by atoms with Gasteiger partial charge in [0.15, 0.2) is 5.96 Å². The Bertz CT molecular complexity index is 483. The van der Waals surface area contributed by atoms with Gasteiger partial charge in [-0.05, 0) is 30.5 Å². The summed E-state index contributed by atoms with van der Waals surface area (Å²) in [7, 11) is 1.78. The molecule has 4 nitrogen and oxygen atoms in total. The van der Waals surface area contributed by atoms with Crippen LogP contribution in [-0.2, 0) is 11.3 Å². The van der Waals surface area contributed by atoms with Gasteiger partial charge < -0.3 is 15.4 Å². The molecule has 122 valence electrons. The second-order valence-corrected chi connectivity index (χ2v) is 5.40. The number of hydrogen-bond acceptors (Lipinski definition) is 2. The Morgan fingerprint density at radius 2 is 1.95 bits per heavy atom. The molecule has 0 radical (unpaired) electrons. The first-order valence-electron chi connectivity index (χ1n) is 7.22. The van der Waals surface area contributed by atoms with Crippen LogP contribution in [0.5, 0.6) is 0 Å². The molecule has 0 amide bonds. The molecule has 0 aliphatic heterocycles. The number of nitrogens with one attached hydrogen (secondary N) is 2. The van der Waals surface area contributed by atoms with E-state index in [2.05, 4.69) is 27.8 Å². The van der Waals surface area contributed by atoms with Crippen LogP contribution in [0.4, 0.5) is 0 Å². The lowest BCUT2D eigenvalue weighted by Gasteiger charge is -2.16. The second-order valence-electron chi connectivity index (χ2n) is 4.96. The quantitative estimate of drug-likeness (QED) is 0.237. The van der Waals surface area contributed by atoms with Gasteiger partial charge >= 0.3 is 0 Å². The Balaban J connectivity index is 0.00000242. The minimum absolute atomic E-state index is 0. The van der Waals surface area contributed by atoms with Gasteiger partial charge in [0.05, 0.1) is 13.2 Å². The molecule has 0 heterocycles. The molecule has 0 bridgehead atoms. The zero-order valence-corrected chi connectivity index (χ0v) is 15.8. The highest BCUT2D eigenvalue weighted by Gasteiger charge is 2.10. The van der Waals surface area contributed by atoms with Crippen molar-refractivity contribution in [3.63, 3.8) is 0 Å². The zero-order chi connectivity index (χ0) is 14.9. The van der Waals surface area contributed by atoms with Crippen molar-refractivity contribution in [1.29, 1.82) is 0 Å². The highest BCUT2D eigenvalue weighted by molar-refractivity contribution is 14.0. The molecule has 0 saturated carbocycles. The highest BCUT2D eigenvalue weighted by atomic mass is 127. The number of halogens is 2. The van der Waals surface area contributed by atoms with E-state index in [-0.39, 0.29) is 24.0 Å². The fraction of sp³-hybridized carbons (Fsp3) is 0.438. The number of rotatable bonds is 6. The number of benzene rings is 1. The number of nitrogens with zero attached hydrogens (tertiary/aromatic N) is 1. The van der Waals surface area contributed by atoms with Gasteiger partial charge in [-0.2, -0.15) is 0 Å². The fourth-order valence-electron chi connectivity index (χ4n) is 2.14. The van der Waals surface area contributed by atoms with Crippen LogP contribution in [0.2, 0.25) is 5.02 Å². The molecule has 0 fully saturated rings. The largest absolute Gasteiger partial charge is 0.375 e. The van der Waals surface area contributed by atoms with Crippen molar-refractivity contribution in [3.05, 3.63) is 47.0 Å². The van der Waals surface area contributed by atoms with Crippen molar-refractivity contribution in [1.82, 2.24) is 10.6 Å². The molecule has 6 heteroatoms. The summed E-state index contributed by atoms with van der Waals surface area (Å²) in [5.74, 6) is 0.832. The van der Waals surface area contributed by atoms with Crippen LogP contribution in [0.25, 0.3) is 0 Å². The van der Waals surface area contributed by atoms with Crippen molar-refractivity contribution in [2.24, 2.45) is 4.99 Å². The molecular weight excluding hydrogens is 413 g/mol. The average Bonchev–Trinajstić information content (AvgIpc) is 3.00. The minimum atomic E-state index is 0. The van der Waals surface area contributed by atoms with Gasteiger partial charge in [0.2, 0.25) is 0 Å². The van der Waals surface area contributed by atoms with E-state index in [9.17, 15) is 0 Å². The summed E-state index contributed by atoms with van der Waals surface area (Å²) in [6.07, 6.45) is 6.52. The topological polar surface area (TPSA) is 45.7 Å². The van der Waals surface area contributed by atoms with E-state index in [1.807, 2.05) is 24.3 Å². The van der Waals surface area contributed by atoms with Gasteiger partial charge in [-0.15, -0.1) is 24.0 Å². The maximum Gasteiger partial charge on any atom is 0.191 e. The predicted molar refractivity (Wildman–Crippen MR) is 103 cm³/mol. The van der Waals surface area contributed by atoms with Gasteiger partial charge in [0, 0.05) is 24.7 Å². The molecule has 22 heavy (non-hydrogen) atoms. The lowest BCUT2D eigenvalue weighted by Crippen LogP contribution is -2.43. The number of ether oxygens (including phenoxy) is 1. The standard InChI is InChI=1S/C16H22ClN3O.HI/c1-18-16(20-15-4-2-3-5-15)19-10-11-21-12-13-6-8-14(17)9-7-13;/h2-3,6-9,15H,4-5,10-12H2,1H3,(H2,18,19,20);1H. The van der Waals surface area contributed by atoms with Gasteiger partial charge in [0.25, 0.3) is 0 Å². The summed E-state index contributed by atoms with van der Waals surface area (Å²) in [6, 6.07) is 8.16. The smallest absolute Gasteiger partial charge is 0.191 e. The number of guanidine groups is 1. The molecule has 0 saturated heterocycles. The van der Waals surface area contributed by atoms with Gasteiger partial charge in [-0.1, -0.05) is 35.9 Å². The molecule has 0 aromatic heterocycles. The van der Waals surface area contributed by atoms with E-state index in [4.69, 9.17) is 16.3 Å². The third-order valence-corrected chi connectivity index (χ3v) is 3.55. The Hall–Kier alpha value is -0.790. The molecule has 1 aliphatic carbocycles. The minimum Gasteiger partial charge on any atom is -0.375 e. The summed E-state index contributed by atoms with van der Waals surface area (Å²) in [4.78, 5) is 4.21. The molecule has 0 spiro atoms. The summed E-state index contributed by atoms with van der Waals surface area (Å²) in [5.41, 5.74) is 1.12. The SMILES string of the molecule is CN=C(NCCOCc1ccc(Cl)cc1)NC1CC=CC1.I. The van der Waals surface area contributed by atoms with Crippen molar-refractivity contribution in [3.8, 4) is 0 Å². The van der Waals surface area contributed by atoms with E-state index in [0.717, 1.165) is 35.9 Å². The first-order chi connectivity index (χ1) is 10.3. The van der Waals surface area contributed by atoms with E-state index in [0.29, 0.717) is 19.3 Å². The van der Waals surface area contributed by atoms with Crippen LogP contribution >= 0.6 is 35.6 Å². The molecule has 2 N–H and O–H groups in total. The summed E-state index contributed by atoms with van der Waals surface area (Å²) in [5, 5.41) is 7.39. The third-order valence-electron chi connectivity index (χ3n) is 3.29. The lowest BCUT2D eigenvalue weighted by molar-refractivity contribution is 0.125. The molecule has 0 unspecified atom stereocenters. The van der Waals surface area contributed by atoms with E-state index in [1.54, 1.807) is 7.05 Å². The summed E-state index contributed by atoms with van der Waals surface area (Å²) >= 11 is 5.84. The first-order valence-corrected chi connectivity index (χ1v) is 7.60. The Kier molecular flexibility index (Phi) is 9.50. The van der Waals surface area contributed by atoms with Gasteiger partial charge in [0.1, 0.15) is 0 Å². The van der Waals surface area contributed by atoms with E-state index >= 15 is 0 Å².